The lowest BCUT2D eigenvalue weighted by atomic mass is 10.1. The number of benzene rings is 1. The second-order valence-electron chi connectivity index (χ2n) is 7.66. The second-order valence-corrected chi connectivity index (χ2v) is 7.66. The monoisotopic (exact) mass is 397 g/mol. The molecule has 0 aliphatic heterocycles. The van der Waals surface area contributed by atoms with Crippen LogP contribution in [0.3, 0.4) is 0 Å². The number of aryl methyl sites for hydroxylation is 1. The summed E-state index contributed by atoms with van der Waals surface area (Å²) in [5.41, 5.74) is 3.49. The number of rotatable bonds is 7. The number of hydrogen-bond donors (Lipinski definition) is 1. The van der Waals surface area contributed by atoms with E-state index in [1.807, 2.05) is 64.3 Å². The molecule has 0 bridgehead atoms. The largest absolute Gasteiger partial charge is 0.485 e. The highest BCUT2D eigenvalue weighted by Gasteiger charge is 2.22. The summed E-state index contributed by atoms with van der Waals surface area (Å²) in [5, 5.41) is 10.3. The summed E-state index contributed by atoms with van der Waals surface area (Å²) in [6.07, 6.45) is 1.39. The van der Waals surface area contributed by atoms with E-state index < -0.39 is 5.97 Å². The van der Waals surface area contributed by atoms with Crippen LogP contribution in [-0.4, -0.2) is 37.8 Å². The second kappa shape index (κ2) is 8.11. The van der Waals surface area contributed by atoms with E-state index in [2.05, 4.69) is 9.97 Å². The highest BCUT2D eigenvalue weighted by Crippen LogP contribution is 2.34. The van der Waals surface area contributed by atoms with Crippen molar-refractivity contribution in [1.82, 2.24) is 14.5 Å². The highest BCUT2D eigenvalue weighted by molar-refractivity contribution is 5.91. The number of ether oxygens (including phenoxy) is 2. The third-order valence-electron chi connectivity index (χ3n) is 4.45. The predicted octanol–water partition coefficient (Wildman–Crippen LogP) is 4.24. The first-order valence-electron chi connectivity index (χ1n) is 9.70. The summed E-state index contributed by atoms with van der Waals surface area (Å²) in [6.45, 7) is 11.6. The third-order valence-corrected chi connectivity index (χ3v) is 4.45. The number of carboxylic acids is 1. The van der Waals surface area contributed by atoms with Crippen LogP contribution in [0.15, 0.2) is 24.4 Å². The first-order valence-corrected chi connectivity index (χ1v) is 9.70. The molecule has 3 aromatic rings. The number of nitrogens with zero attached hydrogens (tertiary/aromatic N) is 3. The van der Waals surface area contributed by atoms with Crippen molar-refractivity contribution in [3.8, 4) is 17.6 Å². The van der Waals surface area contributed by atoms with Gasteiger partial charge < -0.3 is 14.6 Å². The van der Waals surface area contributed by atoms with E-state index >= 15 is 0 Å². The van der Waals surface area contributed by atoms with Gasteiger partial charge >= 0.3 is 12.0 Å². The first kappa shape index (κ1) is 20.6. The van der Waals surface area contributed by atoms with Crippen molar-refractivity contribution in [1.29, 1.82) is 0 Å². The zero-order chi connectivity index (χ0) is 21.3. The van der Waals surface area contributed by atoms with Gasteiger partial charge in [-0.15, -0.1) is 0 Å². The smallest absolute Gasteiger partial charge is 0.318 e. The topological polar surface area (TPSA) is 86.5 Å². The standard InChI is InChI=1S/C22H27N3O4/c1-12(2)28-19-11-23-22(29-13(3)4)24-21(19)25-15(6)16(10-20(26)27)17-9-14(5)7-8-18(17)25/h7-9,11-13H,10H2,1-6H3,(H,26,27). The summed E-state index contributed by atoms with van der Waals surface area (Å²) < 4.78 is 13.6. The molecule has 3 rings (SSSR count). The van der Waals surface area contributed by atoms with E-state index in [-0.39, 0.29) is 24.6 Å². The molecule has 0 saturated heterocycles. The van der Waals surface area contributed by atoms with E-state index in [9.17, 15) is 9.90 Å². The average Bonchev–Trinajstić information content (AvgIpc) is 2.86. The van der Waals surface area contributed by atoms with Gasteiger partial charge in [-0.05, 0) is 59.2 Å². The fourth-order valence-corrected chi connectivity index (χ4v) is 3.36. The molecule has 0 saturated carbocycles. The van der Waals surface area contributed by atoms with Crippen molar-refractivity contribution in [2.75, 3.05) is 0 Å². The van der Waals surface area contributed by atoms with Gasteiger partial charge in [0.2, 0.25) is 0 Å². The van der Waals surface area contributed by atoms with Crippen LogP contribution in [-0.2, 0) is 11.2 Å². The molecule has 0 atom stereocenters. The van der Waals surface area contributed by atoms with E-state index in [0.29, 0.717) is 11.6 Å². The number of carbonyl (C=O) groups is 1. The Labute approximate surface area is 170 Å². The molecular formula is C22H27N3O4. The predicted molar refractivity (Wildman–Crippen MR) is 111 cm³/mol. The summed E-state index contributed by atoms with van der Waals surface area (Å²) in [4.78, 5) is 20.4. The molecule has 0 fully saturated rings. The van der Waals surface area contributed by atoms with E-state index in [4.69, 9.17) is 9.47 Å². The number of aromatic nitrogens is 3. The van der Waals surface area contributed by atoms with Crippen LogP contribution < -0.4 is 9.47 Å². The lowest BCUT2D eigenvalue weighted by molar-refractivity contribution is -0.136. The van der Waals surface area contributed by atoms with Gasteiger partial charge in [0.15, 0.2) is 11.6 Å². The highest BCUT2D eigenvalue weighted by atomic mass is 16.5. The van der Waals surface area contributed by atoms with Gasteiger partial charge in [0, 0.05) is 11.1 Å². The lowest BCUT2D eigenvalue weighted by Crippen LogP contribution is -2.14. The Kier molecular flexibility index (Phi) is 5.77. The molecule has 1 aromatic carbocycles. The molecule has 0 radical (unpaired) electrons. The van der Waals surface area contributed by atoms with Gasteiger partial charge in [0.25, 0.3) is 0 Å². The molecule has 0 aliphatic rings. The quantitative estimate of drug-likeness (QED) is 0.642. The van der Waals surface area contributed by atoms with Gasteiger partial charge in [0.05, 0.1) is 30.3 Å². The number of hydrogen-bond acceptors (Lipinski definition) is 5. The van der Waals surface area contributed by atoms with Crippen molar-refractivity contribution in [2.45, 2.75) is 60.2 Å². The zero-order valence-corrected chi connectivity index (χ0v) is 17.7. The maximum absolute atomic E-state index is 11.5. The Morgan fingerprint density at radius 1 is 1.14 bits per heavy atom. The SMILES string of the molecule is Cc1ccc2c(c1)c(CC(=O)O)c(C)n2-c1nc(OC(C)C)ncc1OC(C)C. The van der Waals surface area contributed by atoms with Crippen LogP contribution in [0.1, 0.15) is 44.5 Å². The van der Waals surface area contributed by atoms with E-state index in [1.165, 1.54) is 0 Å². The minimum absolute atomic E-state index is 0.0698. The average molecular weight is 397 g/mol. The molecule has 2 heterocycles. The number of carboxylic acid groups (broad SMARTS) is 1. The van der Waals surface area contributed by atoms with Gasteiger partial charge in [-0.3, -0.25) is 9.36 Å². The van der Waals surface area contributed by atoms with Gasteiger partial charge in [-0.25, -0.2) is 0 Å². The molecule has 0 spiro atoms. The first-order chi connectivity index (χ1) is 13.7. The van der Waals surface area contributed by atoms with Crippen molar-refractivity contribution in [3.05, 3.63) is 41.2 Å². The molecule has 1 N–H and O–H groups in total. The van der Waals surface area contributed by atoms with Crippen molar-refractivity contribution >= 4 is 16.9 Å². The molecule has 29 heavy (non-hydrogen) atoms. The molecule has 0 unspecified atom stereocenters. The molecule has 0 aliphatic carbocycles. The Bertz CT molecular complexity index is 1050. The van der Waals surface area contributed by atoms with Gasteiger partial charge in [0.1, 0.15) is 0 Å². The van der Waals surface area contributed by atoms with Crippen LogP contribution in [0.4, 0.5) is 0 Å². The zero-order valence-electron chi connectivity index (χ0n) is 17.7. The fraction of sp³-hybridized carbons (Fsp3) is 0.409. The van der Waals surface area contributed by atoms with Gasteiger partial charge in [-0.1, -0.05) is 11.6 Å². The van der Waals surface area contributed by atoms with E-state index in [1.54, 1.807) is 6.20 Å². The Hall–Kier alpha value is -3.09. The van der Waals surface area contributed by atoms with Crippen LogP contribution >= 0.6 is 0 Å². The Morgan fingerprint density at radius 3 is 2.45 bits per heavy atom. The maximum Gasteiger partial charge on any atom is 0.318 e. The summed E-state index contributed by atoms with van der Waals surface area (Å²) in [6, 6.07) is 6.23. The molecular weight excluding hydrogens is 370 g/mol. The van der Waals surface area contributed by atoms with Crippen LogP contribution in [0.5, 0.6) is 11.8 Å². The van der Waals surface area contributed by atoms with Crippen molar-refractivity contribution in [2.24, 2.45) is 0 Å². The van der Waals surface area contributed by atoms with Gasteiger partial charge in [-0.2, -0.15) is 9.97 Å². The Morgan fingerprint density at radius 2 is 1.83 bits per heavy atom. The summed E-state index contributed by atoms with van der Waals surface area (Å²) in [7, 11) is 0. The van der Waals surface area contributed by atoms with Crippen LogP contribution in [0.25, 0.3) is 16.7 Å². The molecule has 154 valence electrons. The lowest BCUT2D eigenvalue weighted by Gasteiger charge is -2.17. The number of aliphatic carboxylic acids is 1. The minimum atomic E-state index is -0.876. The van der Waals surface area contributed by atoms with Crippen molar-refractivity contribution in [3.63, 3.8) is 0 Å². The summed E-state index contributed by atoms with van der Waals surface area (Å²) in [5.74, 6) is 0.171. The van der Waals surface area contributed by atoms with Crippen molar-refractivity contribution < 1.29 is 19.4 Å². The molecule has 2 aromatic heterocycles. The molecule has 7 heteroatoms. The Balaban J connectivity index is 2.31. The normalized spacial score (nSPS) is 11.4. The molecule has 7 nitrogen and oxygen atoms in total. The minimum Gasteiger partial charge on any atom is -0.485 e. The molecule has 0 amide bonds. The maximum atomic E-state index is 11.5. The van der Waals surface area contributed by atoms with Crippen LogP contribution in [0.2, 0.25) is 0 Å². The third kappa shape index (κ3) is 4.34. The van der Waals surface area contributed by atoms with Crippen LogP contribution in [0, 0.1) is 13.8 Å². The summed E-state index contributed by atoms with van der Waals surface area (Å²) >= 11 is 0. The van der Waals surface area contributed by atoms with E-state index in [0.717, 1.165) is 27.7 Å². The number of fused-ring (bicyclic) bond motifs is 1. The fourth-order valence-electron chi connectivity index (χ4n) is 3.36.